The largest absolute Gasteiger partial charge is 0.370 e. The summed E-state index contributed by atoms with van der Waals surface area (Å²) in [6, 6.07) is 12.4. The normalized spacial score (nSPS) is 21.9. The SMILES string of the molecule is CC1CCc2[nH]c3c(C(=O)N4CCOC(c5ccc(F)cc5)C4)cccc3c2C1. The van der Waals surface area contributed by atoms with Gasteiger partial charge in [-0.3, -0.25) is 4.79 Å². The Morgan fingerprint density at radius 1 is 1.21 bits per heavy atom. The number of carbonyl (C=O) groups excluding carboxylic acids is 1. The summed E-state index contributed by atoms with van der Waals surface area (Å²) in [6.07, 6.45) is 3.07. The van der Waals surface area contributed by atoms with E-state index in [9.17, 15) is 9.18 Å². The lowest BCUT2D eigenvalue weighted by molar-refractivity contribution is -0.0227. The Labute approximate surface area is 169 Å². The number of morpholine rings is 1. The smallest absolute Gasteiger partial charge is 0.256 e. The van der Waals surface area contributed by atoms with E-state index in [0.29, 0.717) is 25.6 Å². The van der Waals surface area contributed by atoms with Crippen molar-refractivity contribution in [2.24, 2.45) is 5.92 Å². The molecule has 0 bridgehead atoms. The van der Waals surface area contributed by atoms with Crippen molar-refractivity contribution < 1.29 is 13.9 Å². The van der Waals surface area contributed by atoms with Crippen molar-refractivity contribution in [2.45, 2.75) is 32.3 Å². The number of aromatic nitrogens is 1. The number of hydrogen-bond acceptors (Lipinski definition) is 2. The number of aromatic amines is 1. The first-order valence-corrected chi connectivity index (χ1v) is 10.4. The van der Waals surface area contributed by atoms with Crippen LogP contribution in [0.15, 0.2) is 42.5 Å². The minimum Gasteiger partial charge on any atom is -0.370 e. The quantitative estimate of drug-likeness (QED) is 0.690. The van der Waals surface area contributed by atoms with Gasteiger partial charge in [-0.25, -0.2) is 4.39 Å². The van der Waals surface area contributed by atoms with Crippen LogP contribution in [0.2, 0.25) is 0 Å². The number of nitrogens with zero attached hydrogens (tertiary/aromatic N) is 1. The lowest BCUT2D eigenvalue weighted by Crippen LogP contribution is -2.42. The fraction of sp³-hybridized carbons (Fsp3) is 0.375. The Bertz CT molecular complexity index is 1060. The van der Waals surface area contributed by atoms with Gasteiger partial charge in [0.25, 0.3) is 5.91 Å². The van der Waals surface area contributed by atoms with E-state index in [1.165, 1.54) is 35.2 Å². The van der Waals surface area contributed by atoms with Gasteiger partial charge in [0.15, 0.2) is 0 Å². The third-order valence-corrected chi connectivity index (χ3v) is 6.30. The number of carbonyl (C=O) groups is 1. The highest BCUT2D eigenvalue weighted by Crippen LogP contribution is 2.33. The molecule has 150 valence electrons. The third-order valence-electron chi connectivity index (χ3n) is 6.30. The highest BCUT2D eigenvalue weighted by molar-refractivity contribution is 6.06. The predicted molar refractivity (Wildman–Crippen MR) is 110 cm³/mol. The second-order valence-corrected chi connectivity index (χ2v) is 8.32. The number of benzene rings is 2. The first-order chi connectivity index (χ1) is 14.1. The molecule has 1 N–H and O–H groups in total. The van der Waals surface area contributed by atoms with Crippen molar-refractivity contribution in [2.75, 3.05) is 19.7 Å². The Hall–Kier alpha value is -2.66. The predicted octanol–water partition coefficient (Wildman–Crippen LogP) is 4.65. The highest BCUT2D eigenvalue weighted by atomic mass is 19.1. The fourth-order valence-electron chi connectivity index (χ4n) is 4.68. The topological polar surface area (TPSA) is 45.3 Å². The van der Waals surface area contributed by atoms with Gasteiger partial charge >= 0.3 is 0 Å². The molecule has 4 nitrogen and oxygen atoms in total. The Morgan fingerprint density at radius 3 is 2.86 bits per heavy atom. The monoisotopic (exact) mass is 392 g/mol. The van der Waals surface area contributed by atoms with E-state index in [0.717, 1.165) is 29.5 Å². The molecule has 1 fully saturated rings. The molecule has 3 aromatic rings. The van der Waals surface area contributed by atoms with E-state index in [1.54, 1.807) is 12.1 Å². The molecule has 2 aliphatic rings. The number of nitrogens with one attached hydrogen (secondary N) is 1. The molecule has 2 aromatic carbocycles. The van der Waals surface area contributed by atoms with Gasteiger partial charge in [-0.1, -0.05) is 31.2 Å². The highest BCUT2D eigenvalue weighted by Gasteiger charge is 2.28. The standard InChI is InChI=1S/C24H25FN2O2/c1-15-5-10-21-20(13-15)18-3-2-4-19(23(18)26-21)24(28)27-11-12-29-22(14-27)16-6-8-17(25)9-7-16/h2-4,6-9,15,22,26H,5,10-14H2,1H3. The Morgan fingerprint density at radius 2 is 2.03 bits per heavy atom. The molecule has 1 aliphatic heterocycles. The van der Waals surface area contributed by atoms with Gasteiger partial charge in [0.05, 0.1) is 24.2 Å². The van der Waals surface area contributed by atoms with E-state index in [1.807, 2.05) is 17.0 Å². The Kier molecular flexibility index (Phi) is 4.63. The molecule has 0 saturated carbocycles. The van der Waals surface area contributed by atoms with Crippen LogP contribution in [0.4, 0.5) is 4.39 Å². The molecule has 5 heteroatoms. The van der Waals surface area contributed by atoms with Crippen molar-refractivity contribution in [1.29, 1.82) is 0 Å². The van der Waals surface area contributed by atoms with E-state index >= 15 is 0 Å². The number of fused-ring (bicyclic) bond motifs is 3. The number of para-hydroxylation sites is 1. The molecule has 2 unspecified atom stereocenters. The summed E-state index contributed by atoms with van der Waals surface area (Å²) in [6.45, 7) is 3.80. The molecule has 1 aromatic heterocycles. The van der Waals surface area contributed by atoms with Crippen molar-refractivity contribution in [3.8, 4) is 0 Å². The zero-order valence-electron chi connectivity index (χ0n) is 16.6. The van der Waals surface area contributed by atoms with Gasteiger partial charge in [-0.15, -0.1) is 0 Å². The van der Waals surface area contributed by atoms with Gasteiger partial charge in [0.1, 0.15) is 11.9 Å². The maximum absolute atomic E-state index is 13.4. The number of aryl methyl sites for hydroxylation is 1. The van der Waals surface area contributed by atoms with Crippen molar-refractivity contribution in [3.63, 3.8) is 0 Å². The molecular formula is C24H25FN2O2. The van der Waals surface area contributed by atoms with Crippen molar-refractivity contribution in [1.82, 2.24) is 9.88 Å². The number of ether oxygens (including phenoxy) is 1. The van der Waals surface area contributed by atoms with Crippen molar-refractivity contribution >= 4 is 16.8 Å². The van der Waals surface area contributed by atoms with Crippen LogP contribution in [0.3, 0.4) is 0 Å². The van der Waals surface area contributed by atoms with Crippen LogP contribution in [0, 0.1) is 11.7 Å². The summed E-state index contributed by atoms with van der Waals surface area (Å²) in [5.41, 5.74) is 5.24. The van der Waals surface area contributed by atoms with E-state index in [2.05, 4.69) is 18.0 Å². The lowest BCUT2D eigenvalue weighted by atomic mass is 9.87. The zero-order chi connectivity index (χ0) is 20.0. The zero-order valence-corrected chi connectivity index (χ0v) is 16.6. The average Bonchev–Trinajstić information content (AvgIpc) is 3.12. The minimum atomic E-state index is -0.269. The van der Waals surface area contributed by atoms with Crippen LogP contribution in [-0.2, 0) is 17.6 Å². The van der Waals surface area contributed by atoms with Crippen LogP contribution >= 0.6 is 0 Å². The van der Waals surface area contributed by atoms with Crippen LogP contribution in [0.1, 0.15) is 46.6 Å². The molecule has 1 amide bonds. The van der Waals surface area contributed by atoms with Crippen LogP contribution < -0.4 is 0 Å². The molecule has 2 heterocycles. The van der Waals surface area contributed by atoms with Crippen LogP contribution in [-0.4, -0.2) is 35.5 Å². The average molecular weight is 392 g/mol. The summed E-state index contributed by atoms with van der Waals surface area (Å²) < 4.78 is 19.1. The summed E-state index contributed by atoms with van der Waals surface area (Å²) in [7, 11) is 0. The van der Waals surface area contributed by atoms with E-state index < -0.39 is 0 Å². The first-order valence-electron chi connectivity index (χ1n) is 10.4. The van der Waals surface area contributed by atoms with Crippen molar-refractivity contribution in [3.05, 3.63) is 70.7 Å². The third kappa shape index (κ3) is 3.33. The molecule has 5 rings (SSSR count). The molecule has 1 saturated heterocycles. The minimum absolute atomic E-state index is 0.0256. The van der Waals surface area contributed by atoms with E-state index in [4.69, 9.17) is 4.74 Å². The number of H-pyrrole nitrogens is 1. The summed E-state index contributed by atoms with van der Waals surface area (Å²) >= 11 is 0. The second-order valence-electron chi connectivity index (χ2n) is 8.32. The van der Waals surface area contributed by atoms with Gasteiger partial charge < -0.3 is 14.6 Å². The summed E-state index contributed by atoms with van der Waals surface area (Å²) in [4.78, 5) is 18.8. The maximum Gasteiger partial charge on any atom is 0.256 e. The second kappa shape index (κ2) is 7.30. The lowest BCUT2D eigenvalue weighted by Gasteiger charge is -2.33. The Balaban J connectivity index is 1.44. The van der Waals surface area contributed by atoms with E-state index in [-0.39, 0.29) is 17.8 Å². The molecule has 2 atom stereocenters. The molecule has 29 heavy (non-hydrogen) atoms. The van der Waals surface area contributed by atoms with Gasteiger partial charge in [-0.2, -0.15) is 0 Å². The number of hydrogen-bond donors (Lipinski definition) is 1. The first kappa shape index (κ1) is 18.4. The van der Waals surface area contributed by atoms with Gasteiger partial charge in [0, 0.05) is 17.6 Å². The summed E-state index contributed by atoms with van der Waals surface area (Å²) in [5, 5.41) is 1.18. The fourth-order valence-corrected chi connectivity index (χ4v) is 4.68. The molecule has 1 aliphatic carbocycles. The number of rotatable bonds is 2. The molecule has 0 spiro atoms. The summed E-state index contributed by atoms with van der Waals surface area (Å²) in [5.74, 6) is 0.434. The van der Waals surface area contributed by atoms with Crippen LogP contribution in [0.5, 0.6) is 0 Å². The van der Waals surface area contributed by atoms with Gasteiger partial charge in [-0.05, 0) is 54.5 Å². The molecular weight excluding hydrogens is 367 g/mol. The maximum atomic E-state index is 13.4. The van der Waals surface area contributed by atoms with Crippen LogP contribution in [0.25, 0.3) is 10.9 Å². The van der Waals surface area contributed by atoms with Gasteiger partial charge in [0.2, 0.25) is 0 Å². The number of halogens is 1. The number of amides is 1. The molecule has 0 radical (unpaired) electrons.